The standard InChI is InChI=1S/C12H19N5O2/c13-15-11(18)6-8-17(9-7-12(19)16-14)10-4-2-1-3-5-10/h1-5H,6-9,13-14H2,(H,15,18)(H,16,19). The second-order valence-electron chi connectivity index (χ2n) is 3.96. The Morgan fingerprint density at radius 3 is 1.84 bits per heavy atom. The minimum Gasteiger partial charge on any atom is -0.370 e. The van der Waals surface area contributed by atoms with Gasteiger partial charge in [-0.2, -0.15) is 0 Å². The van der Waals surface area contributed by atoms with Gasteiger partial charge in [0.2, 0.25) is 11.8 Å². The van der Waals surface area contributed by atoms with Crippen LogP contribution in [0.15, 0.2) is 30.3 Å². The predicted molar refractivity (Wildman–Crippen MR) is 72.5 cm³/mol. The number of amides is 2. The number of benzene rings is 1. The van der Waals surface area contributed by atoms with Crippen LogP contribution in [-0.2, 0) is 9.59 Å². The van der Waals surface area contributed by atoms with E-state index in [1.54, 1.807) is 0 Å². The van der Waals surface area contributed by atoms with Gasteiger partial charge in [-0.05, 0) is 12.1 Å². The summed E-state index contributed by atoms with van der Waals surface area (Å²) in [6.45, 7) is 0.954. The first kappa shape index (κ1) is 14.9. The molecule has 19 heavy (non-hydrogen) atoms. The van der Waals surface area contributed by atoms with E-state index < -0.39 is 0 Å². The number of hydrogen-bond acceptors (Lipinski definition) is 5. The average molecular weight is 265 g/mol. The average Bonchev–Trinajstić information content (AvgIpc) is 2.47. The number of carbonyl (C=O) groups excluding carboxylic acids is 2. The highest BCUT2D eigenvalue weighted by atomic mass is 16.2. The lowest BCUT2D eigenvalue weighted by Gasteiger charge is -2.24. The first-order valence-electron chi connectivity index (χ1n) is 5.96. The quantitative estimate of drug-likeness (QED) is 0.294. The molecule has 0 aliphatic rings. The third-order valence-electron chi connectivity index (χ3n) is 2.66. The van der Waals surface area contributed by atoms with E-state index >= 15 is 0 Å². The van der Waals surface area contributed by atoms with Crippen LogP contribution in [0.3, 0.4) is 0 Å². The Labute approximate surface area is 111 Å². The highest BCUT2D eigenvalue weighted by Crippen LogP contribution is 2.13. The van der Waals surface area contributed by atoms with Crippen LogP contribution in [0.5, 0.6) is 0 Å². The Balaban J connectivity index is 2.62. The van der Waals surface area contributed by atoms with E-state index in [0.717, 1.165) is 5.69 Å². The molecule has 0 aromatic heterocycles. The molecule has 0 saturated heterocycles. The fourth-order valence-corrected chi connectivity index (χ4v) is 1.63. The van der Waals surface area contributed by atoms with Gasteiger partial charge in [0.15, 0.2) is 0 Å². The van der Waals surface area contributed by atoms with Crippen molar-refractivity contribution in [3.8, 4) is 0 Å². The normalized spacial score (nSPS) is 9.79. The van der Waals surface area contributed by atoms with Crippen LogP contribution in [0.2, 0.25) is 0 Å². The van der Waals surface area contributed by atoms with Crippen molar-refractivity contribution < 1.29 is 9.59 Å². The molecule has 0 saturated carbocycles. The monoisotopic (exact) mass is 265 g/mol. The maximum atomic E-state index is 11.2. The van der Waals surface area contributed by atoms with E-state index in [4.69, 9.17) is 11.7 Å². The Bertz CT molecular complexity index is 390. The number of nitrogens with two attached hydrogens (primary N) is 2. The van der Waals surface area contributed by atoms with Crippen LogP contribution in [0, 0.1) is 0 Å². The number of nitrogens with zero attached hydrogens (tertiary/aromatic N) is 1. The number of anilines is 1. The zero-order valence-corrected chi connectivity index (χ0v) is 10.6. The molecule has 0 aliphatic heterocycles. The molecule has 6 N–H and O–H groups in total. The lowest BCUT2D eigenvalue weighted by molar-refractivity contribution is -0.121. The van der Waals surface area contributed by atoms with Crippen molar-refractivity contribution in [3.05, 3.63) is 30.3 Å². The molecule has 2 amide bonds. The Morgan fingerprint density at radius 2 is 1.42 bits per heavy atom. The van der Waals surface area contributed by atoms with Crippen LogP contribution in [0.1, 0.15) is 12.8 Å². The van der Waals surface area contributed by atoms with Crippen LogP contribution in [-0.4, -0.2) is 24.9 Å². The summed E-state index contributed by atoms with van der Waals surface area (Å²) in [5, 5.41) is 0. The lowest BCUT2D eigenvalue weighted by atomic mass is 10.2. The third kappa shape index (κ3) is 5.36. The molecule has 0 heterocycles. The summed E-state index contributed by atoms with van der Waals surface area (Å²) in [4.78, 5) is 24.3. The molecular formula is C12H19N5O2. The van der Waals surface area contributed by atoms with E-state index in [1.165, 1.54) is 0 Å². The predicted octanol–water partition coefficient (Wildman–Crippen LogP) is -0.747. The molecular weight excluding hydrogens is 246 g/mol. The summed E-state index contributed by atoms with van der Waals surface area (Å²) in [6.07, 6.45) is 0.519. The highest BCUT2D eigenvalue weighted by molar-refractivity contribution is 5.77. The van der Waals surface area contributed by atoms with Gasteiger partial charge in [-0.15, -0.1) is 0 Å². The van der Waals surface area contributed by atoms with Crippen molar-refractivity contribution in [2.24, 2.45) is 11.7 Å². The second-order valence-corrected chi connectivity index (χ2v) is 3.96. The molecule has 0 atom stereocenters. The molecule has 7 nitrogen and oxygen atoms in total. The summed E-state index contributed by atoms with van der Waals surface area (Å²) in [7, 11) is 0. The Kier molecular flexibility index (Phi) is 6.34. The zero-order chi connectivity index (χ0) is 14.1. The van der Waals surface area contributed by atoms with Crippen LogP contribution in [0.25, 0.3) is 0 Å². The van der Waals surface area contributed by atoms with Gasteiger partial charge in [0, 0.05) is 31.6 Å². The first-order chi connectivity index (χ1) is 9.17. The van der Waals surface area contributed by atoms with Gasteiger partial charge in [0.1, 0.15) is 0 Å². The van der Waals surface area contributed by atoms with Crippen molar-refractivity contribution in [2.45, 2.75) is 12.8 Å². The van der Waals surface area contributed by atoms with E-state index in [1.807, 2.05) is 35.2 Å². The second kappa shape index (κ2) is 8.06. The summed E-state index contributed by atoms with van der Waals surface area (Å²) in [5.74, 6) is 9.59. The van der Waals surface area contributed by atoms with E-state index in [-0.39, 0.29) is 24.7 Å². The fourth-order valence-electron chi connectivity index (χ4n) is 1.63. The van der Waals surface area contributed by atoms with Gasteiger partial charge >= 0.3 is 0 Å². The molecule has 1 rings (SSSR count). The third-order valence-corrected chi connectivity index (χ3v) is 2.66. The summed E-state index contributed by atoms with van der Waals surface area (Å²) >= 11 is 0. The number of rotatable bonds is 7. The molecule has 0 radical (unpaired) electrons. The molecule has 0 aliphatic carbocycles. The first-order valence-corrected chi connectivity index (χ1v) is 5.96. The fraction of sp³-hybridized carbons (Fsp3) is 0.333. The van der Waals surface area contributed by atoms with Gasteiger partial charge in [0.05, 0.1) is 0 Å². The summed E-state index contributed by atoms with van der Waals surface area (Å²) < 4.78 is 0. The molecule has 0 fully saturated rings. The van der Waals surface area contributed by atoms with Crippen molar-refractivity contribution in [1.82, 2.24) is 10.9 Å². The number of hydrazine groups is 2. The van der Waals surface area contributed by atoms with E-state index in [0.29, 0.717) is 13.1 Å². The molecule has 7 heteroatoms. The van der Waals surface area contributed by atoms with Crippen molar-refractivity contribution in [3.63, 3.8) is 0 Å². The Morgan fingerprint density at radius 1 is 0.947 bits per heavy atom. The molecule has 104 valence electrons. The maximum Gasteiger partial charge on any atom is 0.235 e. The van der Waals surface area contributed by atoms with Crippen molar-refractivity contribution in [1.29, 1.82) is 0 Å². The largest absolute Gasteiger partial charge is 0.370 e. The van der Waals surface area contributed by atoms with E-state index in [2.05, 4.69) is 10.9 Å². The number of para-hydroxylation sites is 1. The van der Waals surface area contributed by atoms with Gasteiger partial charge in [-0.3, -0.25) is 20.4 Å². The number of carbonyl (C=O) groups is 2. The molecule has 0 spiro atoms. The Hall–Kier alpha value is -2.12. The van der Waals surface area contributed by atoms with Gasteiger partial charge in [-0.25, -0.2) is 11.7 Å². The SMILES string of the molecule is NNC(=O)CCN(CCC(=O)NN)c1ccccc1. The van der Waals surface area contributed by atoms with E-state index in [9.17, 15) is 9.59 Å². The number of nitrogens with one attached hydrogen (secondary N) is 2. The smallest absolute Gasteiger partial charge is 0.235 e. The summed E-state index contributed by atoms with van der Waals surface area (Å²) in [5.41, 5.74) is 5.11. The lowest BCUT2D eigenvalue weighted by Crippen LogP contribution is -2.37. The molecule has 0 bridgehead atoms. The maximum absolute atomic E-state index is 11.2. The van der Waals surface area contributed by atoms with Crippen molar-refractivity contribution >= 4 is 17.5 Å². The van der Waals surface area contributed by atoms with Gasteiger partial charge in [-0.1, -0.05) is 18.2 Å². The minimum absolute atomic E-state index is 0.246. The molecule has 1 aromatic rings. The topological polar surface area (TPSA) is 113 Å². The number of hydrogen-bond donors (Lipinski definition) is 4. The van der Waals surface area contributed by atoms with Gasteiger partial charge < -0.3 is 4.90 Å². The highest BCUT2D eigenvalue weighted by Gasteiger charge is 2.10. The van der Waals surface area contributed by atoms with Crippen molar-refractivity contribution in [2.75, 3.05) is 18.0 Å². The molecule has 0 unspecified atom stereocenters. The van der Waals surface area contributed by atoms with Crippen LogP contribution >= 0.6 is 0 Å². The zero-order valence-electron chi connectivity index (χ0n) is 10.6. The van der Waals surface area contributed by atoms with Crippen LogP contribution < -0.4 is 27.4 Å². The molecule has 1 aromatic carbocycles. The van der Waals surface area contributed by atoms with Gasteiger partial charge in [0.25, 0.3) is 0 Å². The minimum atomic E-state index is -0.246. The summed E-state index contributed by atoms with van der Waals surface area (Å²) in [6, 6.07) is 9.53. The van der Waals surface area contributed by atoms with Crippen LogP contribution in [0.4, 0.5) is 5.69 Å².